The van der Waals surface area contributed by atoms with E-state index in [0.717, 1.165) is 0 Å². The molecule has 4 rings (SSSR count). The van der Waals surface area contributed by atoms with E-state index in [9.17, 15) is 28.8 Å². The first-order chi connectivity index (χ1) is 24.7. The number of amides is 4. The van der Waals surface area contributed by atoms with Crippen LogP contribution in [0, 0.1) is 0 Å². The fourth-order valence-corrected chi connectivity index (χ4v) is 5.68. The Bertz CT molecular complexity index is 2090. The summed E-state index contributed by atoms with van der Waals surface area (Å²) in [6.45, 7) is 0.912. The molecule has 21 heteroatoms. The molecule has 0 aliphatic rings. The van der Waals surface area contributed by atoms with Crippen molar-refractivity contribution >= 4 is 75.4 Å². The maximum Gasteiger partial charge on any atom is 0.328 e. The number of nitrogens with one attached hydrogen (secondary N) is 5. The Morgan fingerprint density at radius 2 is 1.25 bits per heavy atom. The fraction of sp³-hybridized carbons (Fsp3) is 0.344. The molecule has 0 unspecified atom stereocenters. The standard InChI is InChI=1S/C32H40Cl2N12O6.ClH/c1-42-16-20(13-22(42)28(48)37-8-4-26(35)36)39-30(50)24-14-21(17-44(24)3)40-29(49)23-12-19(15-43(23)2)38-27(47)5-9-46-18-25(31(51)41-32(46)52)45(10-6-33)11-7-34;/h12-18H,4-11H2,1-3H3,(H3,35,36)(H,37,48)(H,38,47)(H,39,50)(H,40,49)(H,41,51,52);1H. The molecule has 0 aliphatic carbocycles. The number of rotatable bonds is 17. The lowest BCUT2D eigenvalue weighted by Gasteiger charge is -2.22. The highest BCUT2D eigenvalue weighted by atomic mass is 35.5. The van der Waals surface area contributed by atoms with E-state index in [1.54, 1.807) is 49.2 Å². The van der Waals surface area contributed by atoms with Gasteiger partial charge in [0, 0.05) is 90.3 Å². The number of nitrogens with two attached hydrogens (primary N) is 2. The molecule has 0 radical (unpaired) electrons. The van der Waals surface area contributed by atoms with Crippen molar-refractivity contribution in [3.8, 4) is 0 Å². The van der Waals surface area contributed by atoms with Gasteiger partial charge >= 0.3 is 5.69 Å². The first-order valence-electron chi connectivity index (χ1n) is 16.0. The number of H-pyrrole nitrogens is 1. The Morgan fingerprint density at radius 3 is 1.72 bits per heavy atom. The van der Waals surface area contributed by atoms with Crippen LogP contribution in [0.3, 0.4) is 0 Å². The molecule has 0 saturated heterocycles. The highest BCUT2D eigenvalue weighted by Crippen LogP contribution is 2.20. The van der Waals surface area contributed by atoms with Gasteiger partial charge in [0.2, 0.25) is 11.7 Å². The maximum atomic E-state index is 13.2. The Balaban J connectivity index is 0.00000756. The van der Waals surface area contributed by atoms with Crippen molar-refractivity contribution < 1.29 is 37.0 Å². The van der Waals surface area contributed by atoms with Gasteiger partial charge in [0.15, 0.2) is 0 Å². The Kier molecular flexibility index (Phi) is 14.9. The van der Waals surface area contributed by atoms with Gasteiger partial charge in [-0.15, -0.1) is 23.2 Å². The number of hydrogen-bond acceptors (Lipinski definition) is 7. The van der Waals surface area contributed by atoms with Crippen molar-refractivity contribution in [3.05, 3.63) is 80.9 Å². The van der Waals surface area contributed by atoms with Crippen LogP contribution in [0.4, 0.5) is 22.7 Å². The fourth-order valence-electron chi connectivity index (χ4n) is 5.27. The summed E-state index contributed by atoms with van der Waals surface area (Å²) in [6, 6.07) is 4.51. The number of aryl methyl sites for hydroxylation is 4. The van der Waals surface area contributed by atoms with Gasteiger partial charge in [0.05, 0.1) is 23.5 Å². The van der Waals surface area contributed by atoms with Crippen molar-refractivity contribution in [1.82, 2.24) is 28.6 Å². The number of aromatic amines is 1. The second-order valence-electron chi connectivity index (χ2n) is 11.8. The zero-order valence-electron chi connectivity index (χ0n) is 29.2. The molecular weight excluding hydrogens is 755 g/mol. The number of carbonyl (C=O) groups excluding carboxylic acids is 4. The summed E-state index contributed by atoms with van der Waals surface area (Å²) in [5.74, 6) is -1.08. The molecular formula is C32H41Cl3N12O6. The van der Waals surface area contributed by atoms with Crippen LogP contribution in [0.2, 0.25) is 0 Å². The molecule has 0 fully saturated rings. The zero-order valence-corrected chi connectivity index (χ0v) is 31.4. The number of amidine groups is 1. The molecule has 53 heavy (non-hydrogen) atoms. The van der Waals surface area contributed by atoms with Crippen LogP contribution in [-0.2, 0) is 32.5 Å². The molecule has 18 nitrogen and oxygen atoms in total. The van der Waals surface area contributed by atoms with Crippen molar-refractivity contribution in [3.63, 3.8) is 0 Å². The second-order valence-corrected chi connectivity index (χ2v) is 12.5. The molecule has 0 atom stereocenters. The third-order valence-corrected chi connectivity index (χ3v) is 8.17. The quantitative estimate of drug-likeness (QED) is 0.0322. The number of aromatic nitrogens is 5. The predicted octanol–water partition coefficient (Wildman–Crippen LogP) is -3.39. The lowest BCUT2D eigenvalue weighted by Crippen LogP contribution is -3.00. The van der Waals surface area contributed by atoms with E-state index >= 15 is 0 Å². The minimum atomic E-state index is -0.669. The van der Waals surface area contributed by atoms with Crippen LogP contribution < -0.4 is 61.0 Å². The van der Waals surface area contributed by atoms with Crippen LogP contribution in [0.15, 0.2) is 52.6 Å². The molecule has 0 aromatic carbocycles. The first-order valence-corrected chi connectivity index (χ1v) is 17.0. The van der Waals surface area contributed by atoms with E-state index in [4.69, 9.17) is 34.3 Å². The van der Waals surface area contributed by atoms with E-state index in [0.29, 0.717) is 42.3 Å². The summed E-state index contributed by atoms with van der Waals surface area (Å²) in [6.07, 6.45) is 6.30. The van der Waals surface area contributed by atoms with Gasteiger partial charge in [-0.05, 0) is 18.2 Å². The van der Waals surface area contributed by atoms with Crippen molar-refractivity contribution in [1.29, 1.82) is 0 Å². The van der Waals surface area contributed by atoms with E-state index in [2.05, 4.69) is 26.3 Å². The van der Waals surface area contributed by atoms with Gasteiger partial charge < -0.3 is 52.3 Å². The number of hydrogen-bond donors (Lipinski definition) is 7. The van der Waals surface area contributed by atoms with E-state index in [-0.39, 0.29) is 72.5 Å². The van der Waals surface area contributed by atoms with Gasteiger partial charge in [0.1, 0.15) is 22.8 Å². The van der Waals surface area contributed by atoms with Crippen molar-refractivity contribution in [2.45, 2.75) is 19.4 Å². The normalized spacial score (nSPS) is 10.7. The minimum absolute atomic E-state index is 0. The Hall–Kier alpha value is -5.46. The Labute approximate surface area is 319 Å². The molecule has 4 aromatic rings. The lowest BCUT2D eigenvalue weighted by molar-refractivity contribution is -0.118. The number of alkyl halides is 2. The third-order valence-electron chi connectivity index (χ3n) is 7.83. The van der Waals surface area contributed by atoms with E-state index < -0.39 is 29.0 Å². The highest BCUT2D eigenvalue weighted by molar-refractivity contribution is 6.18. The van der Waals surface area contributed by atoms with Gasteiger partial charge in [-0.2, -0.15) is 0 Å². The van der Waals surface area contributed by atoms with Crippen molar-refractivity contribution in [2.75, 3.05) is 52.2 Å². The number of halogens is 3. The predicted molar refractivity (Wildman–Crippen MR) is 198 cm³/mol. The van der Waals surface area contributed by atoms with Crippen LogP contribution in [-0.4, -0.2) is 84.1 Å². The maximum absolute atomic E-state index is 13.2. The SMILES string of the molecule is Cn1cc(NC(=O)c2cc(NC(=O)c3cc(NC(=O)CCn4cc(N(CCCl)CCCl)c(=O)[nH]c4=O)cn3C)cn2C)cc1C(=O)NCCC(N)=[NH2+].[Cl-]. The number of carbonyl (C=O) groups is 4. The molecule has 4 heterocycles. The summed E-state index contributed by atoms with van der Waals surface area (Å²) in [7, 11) is 4.94. The van der Waals surface area contributed by atoms with E-state index in [1.807, 2.05) is 0 Å². The highest BCUT2D eigenvalue weighted by Gasteiger charge is 2.19. The largest absolute Gasteiger partial charge is 1.00 e. The van der Waals surface area contributed by atoms with Gasteiger partial charge in [0.25, 0.3) is 23.3 Å². The second kappa shape index (κ2) is 18.9. The summed E-state index contributed by atoms with van der Waals surface area (Å²) in [5, 5.41) is 16.4. The summed E-state index contributed by atoms with van der Waals surface area (Å²) in [5.41, 5.74) is 6.23. The minimum Gasteiger partial charge on any atom is -1.00 e. The lowest BCUT2D eigenvalue weighted by atomic mass is 10.3. The smallest absolute Gasteiger partial charge is 0.328 e. The molecule has 0 aliphatic heterocycles. The summed E-state index contributed by atoms with van der Waals surface area (Å²) >= 11 is 11.7. The Morgan fingerprint density at radius 1 is 0.774 bits per heavy atom. The molecule has 9 N–H and O–H groups in total. The molecule has 4 amide bonds. The van der Waals surface area contributed by atoms with Gasteiger partial charge in [-0.25, -0.2) is 4.79 Å². The third kappa shape index (κ3) is 11.0. The number of nitrogens with zero attached hydrogens (tertiary/aromatic N) is 5. The zero-order chi connectivity index (χ0) is 38.1. The van der Waals surface area contributed by atoms with Crippen LogP contribution in [0.5, 0.6) is 0 Å². The molecule has 0 saturated carbocycles. The average Bonchev–Trinajstić information content (AvgIpc) is 3.75. The average molecular weight is 796 g/mol. The van der Waals surface area contributed by atoms with Crippen molar-refractivity contribution in [2.24, 2.45) is 26.9 Å². The van der Waals surface area contributed by atoms with Crippen LogP contribution in [0.25, 0.3) is 0 Å². The summed E-state index contributed by atoms with van der Waals surface area (Å²) in [4.78, 5) is 80.3. The van der Waals surface area contributed by atoms with Gasteiger partial charge in [-0.3, -0.25) is 44.7 Å². The summed E-state index contributed by atoms with van der Waals surface area (Å²) < 4.78 is 5.85. The number of anilines is 4. The molecule has 0 spiro atoms. The van der Waals surface area contributed by atoms with Crippen LogP contribution in [0.1, 0.15) is 44.3 Å². The first kappa shape index (κ1) is 42.0. The van der Waals surface area contributed by atoms with E-state index in [1.165, 1.54) is 38.1 Å². The van der Waals surface area contributed by atoms with Crippen LogP contribution >= 0.6 is 23.2 Å². The topological polar surface area (TPSA) is 241 Å². The molecule has 0 bridgehead atoms. The van der Waals surface area contributed by atoms with Gasteiger partial charge in [-0.1, -0.05) is 0 Å². The molecule has 4 aromatic heterocycles. The monoisotopic (exact) mass is 794 g/mol. The molecule has 286 valence electrons.